The average Bonchev–Trinajstić information content (AvgIpc) is 2.50. The van der Waals surface area contributed by atoms with Crippen LogP contribution in [0.25, 0.3) is 0 Å². The summed E-state index contributed by atoms with van der Waals surface area (Å²) < 4.78 is 0. The summed E-state index contributed by atoms with van der Waals surface area (Å²) in [7, 11) is 0. The number of aryl methyl sites for hydroxylation is 1. The smallest absolute Gasteiger partial charge is 0.166 e. The number of carbonyl (C=O) groups excluding carboxylic acids is 1. The van der Waals surface area contributed by atoms with Crippen LogP contribution in [0.2, 0.25) is 0 Å². The van der Waals surface area contributed by atoms with E-state index in [2.05, 4.69) is 4.98 Å². The second-order valence-corrected chi connectivity index (χ2v) is 4.32. The van der Waals surface area contributed by atoms with Crippen molar-refractivity contribution in [2.75, 3.05) is 0 Å². The summed E-state index contributed by atoms with van der Waals surface area (Å²) in [5.74, 6) is 0. The second-order valence-electron chi connectivity index (χ2n) is 4.32. The summed E-state index contributed by atoms with van der Waals surface area (Å²) in [4.78, 5) is 15.3. The molecule has 0 aliphatic heterocycles. The molecule has 1 heterocycles. The van der Waals surface area contributed by atoms with Crippen molar-refractivity contribution in [2.24, 2.45) is 0 Å². The highest BCUT2D eigenvalue weighted by molar-refractivity contribution is 5.75. The van der Waals surface area contributed by atoms with Gasteiger partial charge in [0, 0.05) is 12.2 Å². The molecule has 1 aromatic rings. The molecule has 0 saturated carbocycles. The quantitative estimate of drug-likeness (QED) is 0.528. The molecule has 0 saturated heterocycles. The third kappa shape index (κ3) is 2.94. The van der Waals surface area contributed by atoms with Gasteiger partial charge >= 0.3 is 0 Å². The molecule has 0 spiro atoms. The Morgan fingerprint density at radius 2 is 1.82 bits per heavy atom. The number of nitrogens with zero attached hydrogens (tertiary/aromatic N) is 1. The van der Waals surface area contributed by atoms with Crippen LogP contribution in [0.4, 0.5) is 0 Å². The van der Waals surface area contributed by atoms with Crippen LogP contribution in [0.3, 0.4) is 0 Å². The molecule has 2 unspecified atom stereocenters. The molecular weight excluding hydrogens is 220 g/mol. The van der Waals surface area contributed by atoms with Crippen LogP contribution in [0.1, 0.15) is 41.2 Å². The fourth-order valence-electron chi connectivity index (χ4n) is 1.93. The van der Waals surface area contributed by atoms with Crippen LogP contribution in [0, 0.1) is 13.8 Å². The van der Waals surface area contributed by atoms with Gasteiger partial charge in [0.25, 0.3) is 0 Å². The Morgan fingerprint density at radius 3 is 2.18 bits per heavy atom. The predicted octanol–water partition coefficient (Wildman–Crippen LogP) is 0.923. The van der Waals surface area contributed by atoms with E-state index in [1.165, 1.54) is 4.90 Å². The van der Waals surface area contributed by atoms with E-state index >= 15 is 0 Å². The molecule has 1 aromatic heterocycles. The van der Waals surface area contributed by atoms with E-state index in [1.807, 2.05) is 13.8 Å². The molecule has 0 aliphatic carbocycles. The molecule has 0 bridgehead atoms. The summed E-state index contributed by atoms with van der Waals surface area (Å²) >= 11 is 0. The molecule has 96 valence electrons. The Balaban J connectivity index is 3.01. The van der Waals surface area contributed by atoms with Crippen molar-refractivity contribution >= 4 is 6.29 Å². The Hall–Kier alpha value is -1.17. The largest absolute Gasteiger partial charge is 0.379 e. The number of hydrogen-bond acceptors (Lipinski definition) is 4. The fourth-order valence-corrected chi connectivity index (χ4v) is 1.93. The molecule has 3 N–H and O–H groups in total. The molecule has 2 atom stereocenters. The summed E-state index contributed by atoms with van der Waals surface area (Å²) in [6, 6.07) is 0. The van der Waals surface area contributed by atoms with Crippen molar-refractivity contribution in [2.45, 2.75) is 46.7 Å². The van der Waals surface area contributed by atoms with E-state index < -0.39 is 12.5 Å². The van der Waals surface area contributed by atoms with E-state index in [1.54, 1.807) is 13.8 Å². The summed E-state index contributed by atoms with van der Waals surface area (Å²) in [6.07, 6.45) is -0.715. The summed E-state index contributed by atoms with van der Waals surface area (Å²) in [5.41, 5.74) is 3.24. The Kier molecular flexibility index (Phi) is 4.45. The van der Waals surface area contributed by atoms with Gasteiger partial charge in [-0.05, 0) is 38.8 Å². The zero-order valence-electron chi connectivity index (χ0n) is 10.7. The first-order chi connectivity index (χ1) is 7.88. The van der Waals surface area contributed by atoms with Crippen LogP contribution >= 0.6 is 0 Å². The van der Waals surface area contributed by atoms with Crippen molar-refractivity contribution in [3.05, 3.63) is 22.5 Å². The van der Waals surface area contributed by atoms with Crippen LogP contribution in [0.5, 0.6) is 0 Å². The molecular formula is C12H20N2O3. The number of hydrogen-bond donors (Lipinski definition) is 3. The van der Waals surface area contributed by atoms with Gasteiger partial charge in [-0.25, -0.2) is 4.90 Å². The lowest BCUT2D eigenvalue weighted by molar-refractivity contribution is -0.0898. The molecule has 0 aliphatic rings. The predicted molar refractivity (Wildman–Crippen MR) is 64.6 cm³/mol. The fraction of sp³-hybridized carbons (Fsp3) is 0.583. The van der Waals surface area contributed by atoms with Gasteiger partial charge in [-0.15, -0.1) is 0 Å². The first-order valence-electron chi connectivity index (χ1n) is 5.63. The third-order valence-corrected chi connectivity index (χ3v) is 3.05. The molecule has 1 rings (SSSR count). The first-order valence-corrected chi connectivity index (χ1v) is 5.63. The number of aldehydes is 1. The number of aliphatic hydroxyl groups is 2. The van der Waals surface area contributed by atoms with Crippen molar-refractivity contribution in [1.29, 1.82) is 0 Å². The zero-order chi connectivity index (χ0) is 13.2. The number of nitrogens with one attached hydrogen (secondary N) is 1. The highest BCUT2D eigenvalue weighted by Gasteiger charge is 2.20. The van der Waals surface area contributed by atoms with Crippen LogP contribution < -0.4 is 0 Å². The van der Waals surface area contributed by atoms with Crippen molar-refractivity contribution < 1.29 is 15.0 Å². The minimum absolute atomic E-state index is 0.400. The van der Waals surface area contributed by atoms with Gasteiger partial charge in [0.1, 0.15) is 12.5 Å². The van der Waals surface area contributed by atoms with Gasteiger partial charge in [0.2, 0.25) is 0 Å². The molecule has 0 radical (unpaired) electrons. The minimum atomic E-state index is -0.747. The van der Waals surface area contributed by atoms with Gasteiger partial charge in [0.05, 0.1) is 5.69 Å². The molecule has 0 fully saturated rings. The number of H-pyrrole nitrogens is 1. The number of aromatic nitrogens is 1. The maximum atomic E-state index is 10.8. The van der Waals surface area contributed by atoms with E-state index in [9.17, 15) is 15.0 Å². The maximum Gasteiger partial charge on any atom is 0.166 e. The van der Waals surface area contributed by atoms with Crippen LogP contribution in [-0.2, 0) is 6.54 Å². The molecule has 5 heteroatoms. The molecule has 17 heavy (non-hydrogen) atoms. The normalized spacial score (nSPS) is 15.0. The highest BCUT2D eigenvalue weighted by atomic mass is 16.3. The minimum Gasteiger partial charge on any atom is -0.379 e. The Morgan fingerprint density at radius 1 is 1.29 bits per heavy atom. The van der Waals surface area contributed by atoms with E-state index in [0.29, 0.717) is 12.2 Å². The number of rotatable bonds is 5. The van der Waals surface area contributed by atoms with Gasteiger partial charge in [-0.1, -0.05) is 0 Å². The number of carbonyl (C=O) groups is 1. The second kappa shape index (κ2) is 5.44. The SMILES string of the molecule is Cc1[nH]c(C=O)c(C)c1CN(C(C)O)C(C)O. The highest BCUT2D eigenvalue weighted by Crippen LogP contribution is 2.20. The van der Waals surface area contributed by atoms with Gasteiger partial charge < -0.3 is 15.2 Å². The molecule has 0 aromatic carbocycles. The Labute approximate surface area is 101 Å². The van der Waals surface area contributed by atoms with Crippen molar-refractivity contribution in [3.8, 4) is 0 Å². The number of aliphatic hydroxyl groups excluding tert-OH is 2. The molecule has 0 amide bonds. The van der Waals surface area contributed by atoms with Crippen molar-refractivity contribution in [3.63, 3.8) is 0 Å². The third-order valence-electron chi connectivity index (χ3n) is 3.05. The van der Waals surface area contributed by atoms with E-state index in [-0.39, 0.29) is 0 Å². The standard InChI is InChI=1S/C12H20N2O3/c1-7-11(8(2)13-12(7)6-15)5-14(9(3)16)10(4)17/h6,9-10,13,16-17H,5H2,1-4H3. The van der Waals surface area contributed by atoms with Gasteiger partial charge in [-0.3, -0.25) is 4.79 Å². The monoisotopic (exact) mass is 240 g/mol. The lowest BCUT2D eigenvalue weighted by Crippen LogP contribution is -2.39. The summed E-state index contributed by atoms with van der Waals surface area (Å²) in [5, 5.41) is 19.2. The first kappa shape index (κ1) is 13.9. The summed E-state index contributed by atoms with van der Waals surface area (Å²) in [6.45, 7) is 7.33. The van der Waals surface area contributed by atoms with Crippen LogP contribution in [-0.4, -0.2) is 38.8 Å². The number of aromatic amines is 1. The lowest BCUT2D eigenvalue weighted by Gasteiger charge is -2.28. The Bertz CT molecular complexity index is 389. The van der Waals surface area contributed by atoms with Crippen molar-refractivity contribution in [1.82, 2.24) is 9.88 Å². The topological polar surface area (TPSA) is 76.6 Å². The molecule has 5 nitrogen and oxygen atoms in total. The lowest BCUT2D eigenvalue weighted by atomic mass is 10.1. The average molecular weight is 240 g/mol. The van der Waals surface area contributed by atoms with Crippen LogP contribution in [0.15, 0.2) is 0 Å². The maximum absolute atomic E-state index is 10.8. The van der Waals surface area contributed by atoms with Gasteiger partial charge in [0.15, 0.2) is 6.29 Å². The van der Waals surface area contributed by atoms with E-state index in [4.69, 9.17) is 0 Å². The van der Waals surface area contributed by atoms with Gasteiger partial charge in [-0.2, -0.15) is 0 Å². The van der Waals surface area contributed by atoms with E-state index in [0.717, 1.165) is 23.1 Å². The zero-order valence-corrected chi connectivity index (χ0v) is 10.7.